The zero-order valence-corrected chi connectivity index (χ0v) is 15.9. The fourth-order valence-corrected chi connectivity index (χ4v) is 4.40. The minimum atomic E-state index is -2.75. The minimum Gasteiger partial charge on any atom is -0.478 e. The van der Waals surface area contributed by atoms with Gasteiger partial charge in [-0.15, -0.1) is 0 Å². The molecule has 5 heteroatoms. The maximum Gasteiger partial charge on any atom is 0.335 e. The van der Waals surface area contributed by atoms with Gasteiger partial charge in [0.05, 0.1) is 5.56 Å². The van der Waals surface area contributed by atoms with E-state index in [-0.39, 0.29) is 33.1 Å². The van der Waals surface area contributed by atoms with Crippen LogP contribution in [0.25, 0.3) is 0 Å². The second kappa shape index (κ2) is 6.23. The fourth-order valence-electron chi connectivity index (χ4n) is 4.40. The molecule has 0 heterocycles. The molecule has 0 bridgehead atoms. The quantitative estimate of drug-likeness (QED) is 0.693. The highest BCUT2D eigenvalue weighted by Crippen LogP contribution is 2.59. The molecular weight excluding hydrogens is 362 g/mol. The van der Waals surface area contributed by atoms with Crippen molar-refractivity contribution in [2.75, 3.05) is 0 Å². The normalized spacial score (nSPS) is 18.8. The number of carbonyl (C=O) groups excluding carboxylic acids is 1. The molecule has 146 valence electrons. The molecule has 0 aliphatic heterocycles. The van der Waals surface area contributed by atoms with E-state index in [2.05, 4.69) is 13.8 Å². The van der Waals surface area contributed by atoms with Gasteiger partial charge in [-0.05, 0) is 71.9 Å². The summed E-state index contributed by atoms with van der Waals surface area (Å²) in [7, 11) is 0. The fraction of sp³-hybridized carbons (Fsp3) is 0.391. The van der Waals surface area contributed by atoms with Crippen molar-refractivity contribution < 1.29 is 23.5 Å². The van der Waals surface area contributed by atoms with Crippen molar-refractivity contribution >= 4 is 11.8 Å². The molecular formula is C23H22F2O3. The summed E-state index contributed by atoms with van der Waals surface area (Å²) in [5.74, 6) is -1.59. The number of benzene rings is 2. The van der Waals surface area contributed by atoms with Gasteiger partial charge >= 0.3 is 5.97 Å². The highest BCUT2D eigenvalue weighted by molar-refractivity contribution is 6.10. The van der Waals surface area contributed by atoms with Gasteiger partial charge in [-0.3, -0.25) is 4.79 Å². The molecule has 0 saturated heterocycles. The lowest BCUT2D eigenvalue weighted by Gasteiger charge is -2.38. The van der Waals surface area contributed by atoms with Crippen LogP contribution < -0.4 is 0 Å². The molecule has 0 amide bonds. The molecule has 2 aromatic rings. The lowest BCUT2D eigenvalue weighted by atomic mass is 9.66. The molecule has 1 spiro atoms. The lowest BCUT2D eigenvalue weighted by molar-refractivity contribution is 0.0696. The SMILES string of the molecule is CC1(C)CCC2(CC2)c2cc(C(=O)c3ccc(C(=O)O)cc3)c(C(F)F)cc21. The maximum atomic E-state index is 13.9. The van der Waals surface area contributed by atoms with Gasteiger partial charge in [0.15, 0.2) is 5.78 Å². The predicted octanol–water partition coefficient (Wildman–Crippen LogP) is 5.66. The maximum absolute atomic E-state index is 13.9. The molecule has 0 atom stereocenters. The highest BCUT2D eigenvalue weighted by Gasteiger charge is 2.51. The van der Waals surface area contributed by atoms with Gasteiger partial charge in [0.25, 0.3) is 6.43 Å². The van der Waals surface area contributed by atoms with Gasteiger partial charge in [0, 0.05) is 16.7 Å². The molecule has 28 heavy (non-hydrogen) atoms. The second-order valence-corrected chi connectivity index (χ2v) is 8.66. The molecule has 1 N–H and O–H groups in total. The third-order valence-corrected chi connectivity index (χ3v) is 6.45. The summed E-state index contributed by atoms with van der Waals surface area (Å²) in [5, 5.41) is 9.01. The Morgan fingerprint density at radius 2 is 1.50 bits per heavy atom. The van der Waals surface area contributed by atoms with Gasteiger partial charge in [-0.25, -0.2) is 13.6 Å². The summed E-state index contributed by atoms with van der Waals surface area (Å²) < 4.78 is 27.7. The van der Waals surface area contributed by atoms with Crippen LogP contribution in [0, 0.1) is 0 Å². The summed E-state index contributed by atoms with van der Waals surface area (Å²) in [5.41, 5.74) is 1.87. The molecule has 3 nitrogen and oxygen atoms in total. The average Bonchev–Trinajstić information content (AvgIpc) is 3.45. The van der Waals surface area contributed by atoms with E-state index in [0.29, 0.717) is 0 Å². The van der Waals surface area contributed by atoms with Crippen LogP contribution in [0.4, 0.5) is 8.78 Å². The van der Waals surface area contributed by atoms with Crippen molar-refractivity contribution in [2.24, 2.45) is 0 Å². The molecule has 0 aromatic heterocycles. The number of hydrogen-bond acceptors (Lipinski definition) is 2. The molecule has 1 saturated carbocycles. The molecule has 4 rings (SSSR count). The van der Waals surface area contributed by atoms with Crippen molar-refractivity contribution in [3.63, 3.8) is 0 Å². The smallest absolute Gasteiger partial charge is 0.335 e. The lowest BCUT2D eigenvalue weighted by Crippen LogP contribution is -2.30. The monoisotopic (exact) mass is 384 g/mol. The molecule has 2 aliphatic rings. The van der Waals surface area contributed by atoms with E-state index in [1.165, 1.54) is 30.3 Å². The summed E-state index contributed by atoms with van der Waals surface area (Å²) in [6, 6.07) is 8.65. The topological polar surface area (TPSA) is 54.4 Å². The molecule has 2 aromatic carbocycles. The Kier molecular flexibility index (Phi) is 4.18. The predicted molar refractivity (Wildman–Crippen MR) is 101 cm³/mol. The van der Waals surface area contributed by atoms with E-state index >= 15 is 0 Å². The minimum absolute atomic E-state index is 0.0285. The van der Waals surface area contributed by atoms with E-state index in [1.807, 2.05) is 0 Å². The first-order valence-electron chi connectivity index (χ1n) is 9.50. The molecule has 2 aliphatic carbocycles. The van der Waals surface area contributed by atoms with Crippen LogP contribution in [-0.4, -0.2) is 16.9 Å². The number of carbonyl (C=O) groups is 2. The number of fused-ring (bicyclic) bond motifs is 2. The number of alkyl halides is 2. The van der Waals surface area contributed by atoms with Gasteiger partial charge in [0.2, 0.25) is 0 Å². The Hall–Kier alpha value is -2.56. The molecule has 1 fully saturated rings. The first-order chi connectivity index (χ1) is 13.1. The van der Waals surface area contributed by atoms with Crippen molar-refractivity contribution in [3.8, 4) is 0 Å². The summed E-state index contributed by atoms with van der Waals surface area (Å²) in [4.78, 5) is 24.1. The Bertz CT molecular complexity index is 970. The average molecular weight is 384 g/mol. The Morgan fingerprint density at radius 1 is 0.929 bits per heavy atom. The van der Waals surface area contributed by atoms with Crippen molar-refractivity contribution in [3.05, 3.63) is 69.8 Å². The third-order valence-electron chi connectivity index (χ3n) is 6.45. The molecule has 0 unspecified atom stereocenters. The molecule has 0 radical (unpaired) electrons. The van der Waals surface area contributed by atoms with Crippen molar-refractivity contribution in [2.45, 2.75) is 56.8 Å². The van der Waals surface area contributed by atoms with E-state index in [0.717, 1.165) is 36.8 Å². The van der Waals surface area contributed by atoms with Crippen LogP contribution in [0.3, 0.4) is 0 Å². The number of halogens is 2. The first kappa shape index (κ1) is 18.8. The van der Waals surface area contributed by atoms with Gasteiger partial charge in [-0.2, -0.15) is 0 Å². The number of rotatable bonds is 4. The standard InChI is InChI=1S/C23H22F2O3/c1-22(2)7-8-23(9-10-23)18-11-15(16(20(24)25)12-17(18)22)19(26)13-3-5-14(6-4-13)21(27)28/h3-6,11-12,20H,7-10H2,1-2H3,(H,27,28). The van der Waals surface area contributed by atoms with Crippen molar-refractivity contribution in [1.82, 2.24) is 0 Å². The van der Waals surface area contributed by atoms with E-state index in [9.17, 15) is 18.4 Å². The van der Waals surface area contributed by atoms with Gasteiger partial charge < -0.3 is 5.11 Å². The third kappa shape index (κ3) is 2.93. The number of carboxylic acid groups (broad SMARTS) is 1. The van der Waals surface area contributed by atoms with Crippen LogP contribution in [0.2, 0.25) is 0 Å². The van der Waals surface area contributed by atoms with Crippen LogP contribution in [0.1, 0.15) is 88.9 Å². The summed E-state index contributed by atoms with van der Waals surface area (Å²) in [6.07, 6.45) is 1.28. The summed E-state index contributed by atoms with van der Waals surface area (Å²) in [6.45, 7) is 4.14. The van der Waals surface area contributed by atoms with Crippen molar-refractivity contribution in [1.29, 1.82) is 0 Å². The van der Waals surface area contributed by atoms with E-state index in [1.54, 1.807) is 6.07 Å². The largest absolute Gasteiger partial charge is 0.478 e. The van der Waals surface area contributed by atoms with Gasteiger partial charge in [0.1, 0.15) is 0 Å². The Morgan fingerprint density at radius 3 is 2.04 bits per heavy atom. The number of carboxylic acids is 1. The number of aromatic carboxylic acids is 1. The number of ketones is 1. The second-order valence-electron chi connectivity index (χ2n) is 8.66. The van der Waals surface area contributed by atoms with E-state index in [4.69, 9.17) is 5.11 Å². The first-order valence-corrected chi connectivity index (χ1v) is 9.50. The van der Waals surface area contributed by atoms with Crippen LogP contribution in [-0.2, 0) is 10.8 Å². The number of hydrogen-bond donors (Lipinski definition) is 1. The zero-order valence-electron chi connectivity index (χ0n) is 15.9. The summed E-state index contributed by atoms with van der Waals surface area (Å²) >= 11 is 0. The van der Waals surface area contributed by atoms with Crippen LogP contribution in [0.5, 0.6) is 0 Å². The van der Waals surface area contributed by atoms with Crippen LogP contribution >= 0.6 is 0 Å². The zero-order chi connectivity index (χ0) is 20.3. The Labute approximate surface area is 162 Å². The van der Waals surface area contributed by atoms with E-state index < -0.39 is 18.2 Å². The highest BCUT2D eigenvalue weighted by atomic mass is 19.3. The van der Waals surface area contributed by atoms with Gasteiger partial charge in [-0.1, -0.05) is 26.0 Å². The Balaban J connectivity index is 1.84. The van der Waals surface area contributed by atoms with Crippen LogP contribution in [0.15, 0.2) is 36.4 Å².